The van der Waals surface area contributed by atoms with Crippen molar-refractivity contribution in [2.75, 3.05) is 0 Å². The van der Waals surface area contributed by atoms with Gasteiger partial charge in [0.15, 0.2) is 0 Å². The lowest BCUT2D eigenvalue weighted by Gasteiger charge is -1.98. The van der Waals surface area contributed by atoms with Crippen molar-refractivity contribution in [3.05, 3.63) is 48.3 Å². The molecule has 0 unspecified atom stereocenters. The zero-order chi connectivity index (χ0) is 10.1. The topological polar surface area (TPSA) is 26.0 Å². The Morgan fingerprint density at radius 1 is 1.36 bits per heavy atom. The highest BCUT2D eigenvalue weighted by Crippen LogP contribution is 2.26. The van der Waals surface area contributed by atoms with Gasteiger partial charge in [0.05, 0.1) is 0 Å². The Labute approximate surface area is 81.3 Å². The highest BCUT2D eigenvalue weighted by molar-refractivity contribution is 5.64. The molecule has 0 aliphatic carbocycles. The lowest BCUT2D eigenvalue weighted by atomic mass is 10.1. The fraction of sp³-hybridized carbons (Fsp3) is 0.0909. The number of hydrogen-bond acceptors (Lipinski definition) is 2. The molecule has 1 aromatic carbocycles. The first-order valence-electron chi connectivity index (χ1n) is 4.23. The van der Waals surface area contributed by atoms with Gasteiger partial charge in [-0.25, -0.2) is 4.39 Å². The van der Waals surface area contributed by atoms with Crippen LogP contribution in [0.3, 0.4) is 0 Å². The van der Waals surface area contributed by atoms with E-state index in [1.807, 2.05) is 0 Å². The van der Waals surface area contributed by atoms with Crippen LogP contribution in [0.4, 0.5) is 4.39 Å². The molecule has 0 aliphatic heterocycles. The van der Waals surface area contributed by atoms with Crippen LogP contribution >= 0.6 is 0 Å². The van der Waals surface area contributed by atoms with E-state index in [2.05, 4.69) is 12.1 Å². The Bertz CT molecular complexity index is 462. The Kier molecular flexibility index (Phi) is 2.08. The maximum absolute atomic E-state index is 13.4. The van der Waals surface area contributed by atoms with Crippen molar-refractivity contribution in [3.63, 3.8) is 0 Å². The van der Waals surface area contributed by atoms with Gasteiger partial charge in [-0.05, 0) is 26.0 Å². The van der Waals surface area contributed by atoms with Crippen molar-refractivity contribution >= 4 is 0 Å². The van der Waals surface area contributed by atoms with Crippen LogP contribution < -0.4 is 0 Å². The molecule has 2 nitrogen and oxygen atoms in total. The predicted molar refractivity (Wildman–Crippen MR) is 51.1 cm³/mol. The molecule has 71 valence electrons. The third kappa shape index (κ3) is 1.31. The first kappa shape index (κ1) is 8.94. The first-order valence-corrected chi connectivity index (χ1v) is 4.23. The Balaban J connectivity index is 2.60. The summed E-state index contributed by atoms with van der Waals surface area (Å²) >= 11 is 0. The number of benzene rings is 1. The fourth-order valence-corrected chi connectivity index (χ4v) is 1.26. The number of rotatable bonds is 1. The van der Waals surface area contributed by atoms with Gasteiger partial charge in [0.1, 0.15) is 17.3 Å². The summed E-state index contributed by atoms with van der Waals surface area (Å²) in [4.78, 5) is 0. The van der Waals surface area contributed by atoms with Crippen LogP contribution in [0, 0.1) is 19.7 Å². The largest absolute Gasteiger partial charge is 0.361 e. The lowest BCUT2D eigenvalue weighted by Crippen LogP contribution is -1.85. The van der Waals surface area contributed by atoms with Crippen molar-refractivity contribution in [2.45, 2.75) is 6.92 Å². The van der Waals surface area contributed by atoms with Gasteiger partial charge < -0.3 is 4.52 Å². The summed E-state index contributed by atoms with van der Waals surface area (Å²) in [7, 11) is 0. The van der Waals surface area contributed by atoms with E-state index in [0.717, 1.165) is 0 Å². The normalized spacial score (nSPS) is 10.5. The molecule has 0 atom stereocenters. The van der Waals surface area contributed by atoms with Crippen molar-refractivity contribution < 1.29 is 8.91 Å². The van der Waals surface area contributed by atoms with E-state index in [1.165, 1.54) is 6.07 Å². The summed E-state index contributed by atoms with van der Waals surface area (Å²) < 4.78 is 18.3. The number of halogens is 1. The SMILES string of the molecule is [CH2]c1c(-c2ccccc2F)noc1C. The highest BCUT2D eigenvalue weighted by Gasteiger charge is 2.13. The Morgan fingerprint density at radius 2 is 2.07 bits per heavy atom. The third-order valence-corrected chi connectivity index (χ3v) is 2.11. The van der Waals surface area contributed by atoms with Crippen molar-refractivity contribution in [3.8, 4) is 11.3 Å². The standard InChI is InChI=1S/C11H9FNO/c1-7-8(2)14-13-11(7)9-5-3-4-6-10(9)12/h3-6H,1H2,2H3. The highest BCUT2D eigenvalue weighted by atomic mass is 19.1. The van der Waals surface area contributed by atoms with Crippen LogP contribution in [0.1, 0.15) is 11.3 Å². The molecule has 0 saturated carbocycles. The minimum absolute atomic E-state index is 0.314. The van der Waals surface area contributed by atoms with Crippen molar-refractivity contribution in [1.82, 2.24) is 5.16 Å². The van der Waals surface area contributed by atoms with Gasteiger partial charge in [-0.15, -0.1) is 0 Å². The van der Waals surface area contributed by atoms with Crippen LogP contribution in [0.15, 0.2) is 28.8 Å². The summed E-state index contributed by atoms with van der Waals surface area (Å²) in [5.41, 5.74) is 1.53. The fourth-order valence-electron chi connectivity index (χ4n) is 1.26. The van der Waals surface area contributed by atoms with Gasteiger partial charge in [-0.2, -0.15) is 0 Å². The summed E-state index contributed by atoms with van der Waals surface area (Å²) in [6.07, 6.45) is 0. The molecule has 0 bridgehead atoms. The van der Waals surface area contributed by atoms with Crippen LogP contribution in [0.25, 0.3) is 11.3 Å². The molecule has 2 aromatic rings. The van der Waals surface area contributed by atoms with Crippen LogP contribution in [-0.2, 0) is 0 Å². The second-order valence-corrected chi connectivity index (χ2v) is 3.05. The van der Waals surface area contributed by atoms with Gasteiger partial charge in [0, 0.05) is 11.1 Å². The summed E-state index contributed by atoms with van der Waals surface area (Å²) in [6.45, 7) is 5.52. The zero-order valence-corrected chi connectivity index (χ0v) is 7.75. The van der Waals surface area contributed by atoms with Crippen molar-refractivity contribution in [2.24, 2.45) is 0 Å². The van der Waals surface area contributed by atoms with E-state index in [0.29, 0.717) is 22.6 Å². The minimum atomic E-state index is -0.314. The number of aryl methyl sites for hydroxylation is 1. The maximum atomic E-state index is 13.4. The third-order valence-electron chi connectivity index (χ3n) is 2.11. The van der Waals surface area contributed by atoms with Crippen molar-refractivity contribution in [1.29, 1.82) is 0 Å². The molecule has 0 N–H and O–H groups in total. The van der Waals surface area contributed by atoms with E-state index in [1.54, 1.807) is 25.1 Å². The summed E-state index contributed by atoms with van der Waals surface area (Å²) in [5.74, 6) is 0.300. The van der Waals surface area contributed by atoms with E-state index in [9.17, 15) is 4.39 Å². The molecule has 1 heterocycles. The molecular formula is C11H9FNO. The van der Waals surface area contributed by atoms with E-state index < -0.39 is 0 Å². The molecule has 0 spiro atoms. The van der Waals surface area contributed by atoms with Gasteiger partial charge in [0.25, 0.3) is 0 Å². The van der Waals surface area contributed by atoms with Crippen LogP contribution in [-0.4, -0.2) is 5.16 Å². The van der Waals surface area contributed by atoms with Gasteiger partial charge >= 0.3 is 0 Å². The summed E-state index contributed by atoms with van der Waals surface area (Å²) in [6, 6.07) is 6.43. The average Bonchev–Trinajstić information content (AvgIpc) is 2.49. The van der Waals surface area contributed by atoms with E-state index >= 15 is 0 Å². The smallest absolute Gasteiger partial charge is 0.137 e. The van der Waals surface area contributed by atoms with E-state index in [-0.39, 0.29) is 5.82 Å². The molecule has 0 amide bonds. The second-order valence-electron chi connectivity index (χ2n) is 3.05. The predicted octanol–water partition coefficient (Wildman–Crippen LogP) is 2.97. The molecule has 2 rings (SSSR count). The molecule has 1 aromatic heterocycles. The molecule has 0 saturated heterocycles. The van der Waals surface area contributed by atoms with Crippen LogP contribution in [0.2, 0.25) is 0 Å². The second kappa shape index (κ2) is 3.25. The van der Waals surface area contributed by atoms with Gasteiger partial charge in [-0.3, -0.25) is 0 Å². The number of hydrogen-bond donors (Lipinski definition) is 0. The molecule has 1 radical (unpaired) electrons. The van der Waals surface area contributed by atoms with Crippen LogP contribution in [0.5, 0.6) is 0 Å². The molecular weight excluding hydrogens is 181 g/mol. The quantitative estimate of drug-likeness (QED) is 0.690. The first-order chi connectivity index (χ1) is 6.70. The molecule has 3 heteroatoms. The maximum Gasteiger partial charge on any atom is 0.137 e. The molecule has 0 aliphatic rings. The lowest BCUT2D eigenvalue weighted by molar-refractivity contribution is 0.399. The molecule has 0 fully saturated rings. The Hall–Kier alpha value is -1.64. The zero-order valence-electron chi connectivity index (χ0n) is 7.75. The summed E-state index contributed by atoms with van der Waals surface area (Å²) in [5, 5.41) is 3.77. The van der Waals surface area contributed by atoms with Gasteiger partial charge in [-0.1, -0.05) is 17.3 Å². The monoisotopic (exact) mass is 190 g/mol. The number of aromatic nitrogens is 1. The number of nitrogens with zero attached hydrogens (tertiary/aromatic N) is 1. The molecule has 14 heavy (non-hydrogen) atoms. The minimum Gasteiger partial charge on any atom is -0.361 e. The Morgan fingerprint density at radius 3 is 2.64 bits per heavy atom. The van der Waals surface area contributed by atoms with Gasteiger partial charge in [0.2, 0.25) is 0 Å². The van der Waals surface area contributed by atoms with E-state index in [4.69, 9.17) is 4.52 Å². The average molecular weight is 190 g/mol.